The van der Waals surface area contributed by atoms with Gasteiger partial charge in [0.1, 0.15) is 5.75 Å². The number of benzene rings is 1. The summed E-state index contributed by atoms with van der Waals surface area (Å²) in [5.41, 5.74) is 2.12. The average molecular weight is 357 g/mol. The van der Waals surface area contributed by atoms with Gasteiger partial charge in [0.05, 0.1) is 30.9 Å². The average Bonchev–Trinajstić information content (AvgIpc) is 3.06. The molecule has 0 radical (unpaired) electrons. The zero-order valence-corrected chi connectivity index (χ0v) is 14.7. The van der Waals surface area contributed by atoms with E-state index in [-0.39, 0.29) is 6.04 Å². The largest absolute Gasteiger partial charge is 0.490 e. The molecule has 1 aliphatic heterocycles. The Morgan fingerprint density at radius 2 is 2.04 bits per heavy atom. The molecule has 130 valence electrons. The van der Waals surface area contributed by atoms with E-state index in [1.54, 1.807) is 6.20 Å². The molecule has 6 heteroatoms. The van der Waals surface area contributed by atoms with E-state index in [2.05, 4.69) is 20.6 Å². The molecule has 1 aromatic carbocycles. The van der Waals surface area contributed by atoms with E-state index in [4.69, 9.17) is 16.3 Å². The lowest BCUT2D eigenvalue weighted by Gasteiger charge is -2.26. The third-order valence-electron chi connectivity index (χ3n) is 4.60. The summed E-state index contributed by atoms with van der Waals surface area (Å²) in [7, 11) is 0. The number of halogens is 1. The van der Waals surface area contributed by atoms with Gasteiger partial charge < -0.3 is 15.4 Å². The van der Waals surface area contributed by atoms with Crippen LogP contribution < -0.4 is 15.4 Å². The summed E-state index contributed by atoms with van der Waals surface area (Å²) in [4.78, 5) is 8.93. The molecule has 0 saturated heterocycles. The summed E-state index contributed by atoms with van der Waals surface area (Å²) >= 11 is 5.94. The van der Waals surface area contributed by atoms with Gasteiger partial charge in [-0.05, 0) is 43.0 Å². The van der Waals surface area contributed by atoms with Crippen LogP contribution in [0.5, 0.6) is 5.75 Å². The van der Waals surface area contributed by atoms with Crippen LogP contribution >= 0.6 is 11.6 Å². The first kappa shape index (κ1) is 16.2. The minimum Gasteiger partial charge on any atom is -0.490 e. The molecular formula is C19H21ClN4O. The molecule has 1 aliphatic carbocycles. The fraction of sp³-hybridized carbons (Fsp3) is 0.368. The smallest absolute Gasteiger partial charge is 0.192 e. The highest BCUT2D eigenvalue weighted by atomic mass is 35.5. The van der Waals surface area contributed by atoms with Gasteiger partial charge in [-0.2, -0.15) is 0 Å². The maximum Gasteiger partial charge on any atom is 0.192 e. The summed E-state index contributed by atoms with van der Waals surface area (Å²) in [6.45, 7) is 1.32. The van der Waals surface area contributed by atoms with Crippen molar-refractivity contribution < 1.29 is 4.74 Å². The number of hydrogen-bond acceptors (Lipinski definition) is 5. The number of nitrogens with one attached hydrogen (secondary N) is 2. The van der Waals surface area contributed by atoms with E-state index in [0.717, 1.165) is 35.3 Å². The van der Waals surface area contributed by atoms with Gasteiger partial charge in [-0.3, -0.25) is 9.98 Å². The lowest BCUT2D eigenvalue weighted by Crippen LogP contribution is -2.35. The Balaban J connectivity index is 1.30. The van der Waals surface area contributed by atoms with Gasteiger partial charge >= 0.3 is 0 Å². The molecule has 1 unspecified atom stereocenters. The highest BCUT2D eigenvalue weighted by Gasteiger charge is 2.20. The van der Waals surface area contributed by atoms with Crippen molar-refractivity contribution in [2.45, 2.75) is 38.0 Å². The van der Waals surface area contributed by atoms with Crippen molar-refractivity contribution in [2.75, 3.05) is 6.54 Å². The van der Waals surface area contributed by atoms with Gasteiger partial charge in [0.15, 0.2) is 5.96 Å². The Labute approximate surface area is 152 Å². The van der Waals surface area contributed by atoms with Crippen LogP contribution in [-0.2, 0) is 6.54 Å². The monoisotopic (exact) mass is 356 g/mol. The van der Waals surface area contributed by atoms with E-state index >= 15 is 0 Å². The second-order valence-electron chi connectivity index (χ2n) is 6.44. The number of aliphatic imine (C=N–C) groups is 1. The van der Waals surface area contributed by atoms with Crippen molar-refractivity contribution in [1.82, 2.24) is 15.6 Å². The van der Waals surface area contributed by atoms with Gasteiger partial charge in [0.25, 0.3) is 0 Å². The molecule has 1 atom stereocenters. The Bertz CT molecular complexity index is 758. The number of pyridine rings is 1. The van der Waals surface area contributed by atoms with Gasteiger partial charge in [0.2, 0.25) is 0 Å². The molecule has 2 N–H and O–H groups in total. The summed E-state index contributed by atoms with van der Waals surface area (Å²) in [6.07, 6.45) is 5.76. The molecule has 1 saturated carbocycles. The van der Waals surface area contributed by atoms with E-state index in [1.807, 2.05) is 36.4 Å². The predicted molar refractivity (Wildman–Crippen MR) is 99.0 cm³/mol. The lowest BCUT2D eigenvalue weighted by atomic mass is 9.96. The van der Waals surface area contributed by atoms with Crippen LogP contribution in [0.25, 0.3) is 0 Å². The summed E-state index contributed by atoms with van der Waals surface area (Å²) < 4.78 is 5.92. The van der Waals surface area contributed by atoms with Crippen molar-refractivity contribution >= 4 is 17.6 Å². The van der Waals surface area contributed by atoms with Crippen LogP contribution in [0.2, 0.25) is 5.02 Å². The number of nitrogens with zero attached hydrogens (tertiary/aromatic N) is 2. The van der Waals surface area contributed by atoms with Crippen LogP contribution in [0.15, 0.2) is 47.6 Å². The van der Waals surface area contributed by atoms with Crippen molar-refractivity contribution in [3.05, 3.63) is 58.9 Å². The molecule has 0 amide bonds. The Morgan fingerprint density at radius 1 is 1.20 bits per heavy atom. The van der Waals surface area contributed by atoms with Crippen molar-refractivity contribution in [1.29, 1.82) is 0 Å². The standard InChI is InChI=1S/C19H21ClN4O/c20-14-6-4-13(5-7-14)18-12-23-19(24-18)22-11-15-10-17(8-9-21-15)25-16-2-1-3-16/h4-10,16,18H,1-3,11-12H2,(H2,22,23,24). The molecule has 4 rings (SSSR count). The summed E-state index contributed by atoms with van der Waals surface area (Å²) in [5.74, 6) is 1.70. The second-order valence-corrected chi connectivity index (χ2v) is 6.88. The topological polar surface area (TPSA) is 58.5 Å². The minimum atomic E-state index is 0.181. The molecule has 2 heterocycles. The van der Waals surface area contributed by atoms with Crippen LogP contribution in [-0.4, -0.2) is 23.6 Å². The fourth-order valence-corrected chi connectivity index (χ4v) is 3.04. The molecular weight excluding hydrogens is 336 g/mol. The van der Waals surface area contributed by atoms with Crippen molar-refractivity contribution in [3.8, 4) is 5.75 Å². The van der Waals surface area contributed by atoms with Crippen LogP contribution in [0.3, 0.4) is 0 Å². The maximum atomic E-state index is 5.94. The first-order valence-corrected chi connectivity index (χ1v) is 9.06. The zero-order valence-electron chi connectivity index (χ0n) is 13.9. The fourth-order valence-electron chi connectivity index (χ4n) is 2.91. The number of hydrogen-bond donors (Lipinski definition) is 2. The lowest BCUT2D eigenvalue weighted by molar-refractivity contribution is 0.120. The third kappa shape index (κ3) is 4.04. The zero-order chi connectivity index (χ0) is 17.1. The Kier molecular flexibility index (Phi) is 4.74. The first-order valence-electron chi connectivity index (χ1n) is 8.68. The quantitative estimate of drug-likeness (QED) is 0.861. The molecule has 0 spiro atoms. The summed E-state index contributed by atoms with van der Waals surface area (Å²) in [5, 5.41) is 7.46. The highest BCUT2D eigenvalue weighted by Crippen LogP contribution is 2.25. The molecule has 1 fully saturated rings. The summed E-state index contributed by atoms with van der Waals surface area (Å²) in [6, 6.07) is 12.0. The van der Waals surface area contributed by atoms with Crippen LogP contribution in [0.1, 0.15) is 36.6 Å². The van der Waals surface area contributed by atoms with Crippen LogP contribution in [0.4, 0.5) is 0 Å². The molecule has 25 heavy (non-hydrogen) atoms. The van der Waals surface area contributed by atoms with E-state index < -0.39 is 0 Å². The SMILES string of the molecule is Clc1ccc(C2CN=C(NCc3cc(OC4CCC4)ccn3)N2)cc1. The maximum absolute atomic E-state index is 5.94. The third-order valence-corrected chi connectivity index (χ3v) is 4.85. The molecule has 0 bridgehead atoms. The van der Waals surface area contributed by atoms with Gasteiger partial charge in [-0.1, -0.05) is 23.7 Å². The second kappa shape index (κ2) is 7.31. The van der Waals surface area contributed by atoms with E-state index in [0.29, 0.717) is 19.2 Å². The van der Waals surface area contributed by atoms with Gasteiger partial charge in [0, 0.05) is 17.3 Å². The van der Waals surface area contributed by atoms with E-state index in [1.165, 1.54) is 12.0 Å². The van der Waals surface area contributed by atoms with E-state index in [9.17, 15) is 0 Å². The molecule has 5 nitrogen and oxygen atoms in total. The molecule has 2 aromatic rings. The first-order chi connectivity index (χ1) is 12.3. The number of aromatic nitrogens is 1. The Morgan fingerprint density at radius 3 is 2.80 bits per heavy atom. The predicted octanol–water partition coefficient (Wildman–Crippen LogP) is 3.46. The highest BCUT2D eigenvalue weighted by molar-refractivity contribution is 6.30. The normalized spacial score (nSPS) is 19.7. The number of guanidine groups is 1. The van der Waals surface area contributed by atoms with Crippen LogP contribution in [0, 0.1) is 0 Å². The van der Waals surface area contributed by atoms with Crippen molar-refractivity contribution in [3.63, 3.8) is 0 Å². The van der Waals surface area contributed by atoms with Gasteiger partial charge in [-0.25, -0.2) is 0 Å². The number of ether oxygens (including phenoxy) is 1. The van der Waals surface area contributed by atoms with Gasteiger partial charge in [-0.15, -0.1) is 0 Å². The molecule has 2 aliphatic rings. The minimum absolute atomic E-state index is 0.181. The molecule has 1 aromatic heterocycles. The number of rotatable bonds is 5. The Hall–Kier alpha value is -2.27. The van der Waals surface area contributed by atoms with Crippen molar-refractivity contribution in [2.24, 2.45) is 4.99 Å².